The fourth-order valence-electron chi connectivity index (χ4n) is 5.54. The van der Waals surface area contributed by atoms with Gasteiger partial charge in [0.2, 0.25) is 15.9 Å². The first-order valence-corrected chi connectivity index (χ1v) is 12.6. The van der Waals surface area contributed by atoms with Crippen LogP contribution in [0.5, 0.6) is 0 Å². The molecule has 172 valence electrons. The van der Waals surface area contributed by atoms with Gasteiger partial charge in [-0.3, -0.25) is 4.79 Å². The quantitative estimate of drug-likeness (QED) is 0.679. The maximum Gasteiger partial charge on any atom is 0.417 e. The molecule has 1 amide bonds. The molecule has 2 heterocycles. The van der Waals surface area contributed by atoms with Gasteiger partial charge < -0.3 is 4.90 Å². The van der Waals surface area contributed by atoms with Gasteiger partial charge in [-0.25, -0.2) is 8.42 Å². The number of nitrogens with zero attached hydrogens (tertiary/aromatic N) is 2. The molecule has 3 fully saturated rings. The third-order valence-electron chi connectivity index (χ3n) is 7.14. The van der Waals surface area contributed by atoms with Gasteiger partial charge >= 0.3 is 6.18 Å². The van der Waals surface area contributed by atoms with Gasteiger partial charge in [-0.1, -0.05) is 25.0 Å². The smallest absolute Gasteiger partial charge is 0.339 e. The summed E-state index contributed by atoms with van der Waals surface area (Å²) in [5.41, 5.74) is -1.15. The van der Waals surface area contributed by atoms with E-state index >= 15 is 0 Å². The Hall–Kier alpha value is -1.61. The van der Waals surface area contributed by atoms with Gasteiger partial charge in [0.25, 0.3) is 0 Å². The van der Waals surface area contributed by atoms with Crippen molar-refractivity contribution in [3.63, 3.8) is 0 Å². The van der Waals surface area contributed by atoms with Gasteiger partial charge in [0.05, 0.1) is 10.5 Å². The zero-order valence-corrected chi connectivity index (χ0v) is 18.3. The Morgan fingerprint density at radius 2 is 1.55 bits per heavy atom. The Kier molecular flexibility index (Phi) is 6.36. The first kappa shape index (κ1) is 22.6. The van der Waals surface area contributed by atoms with Crippen LogP contribution in [0, 0.1) is 11.8 Å². The zero-order chi connectivity index (χ0) is 22.2. The molecule has 0 bridgehead atoms. The fraction of sp³-hybridized carbons (Fsp3) is 0.682. The van der Waals surface area contributed by atoms with Gasteiger partial charge in [0.15, 0.2) is 0 Å². The summed E-state index contributed by atoms with van der Waals surface area (Å²) in [4.78, 5) is 14.5. The van der Waals surface area contributed by atoms with Crippen molar-refractivity contribution in [2.75, 3.05) is 19.6 Å². The molecule has 4 rings (SSSR count). The number of benzene rings is 1. The van der Waals surface area contributed by atoms with Crippen LogP contribution in [0.15, 0.2) is 29.2 Å². The van der Waals surface area contributed by atoms with E-state index in [1.165, 1.54) is 31.4 Å². The van der Waals surface area contributed by atoms with Crippen LogP contribution in [0.25, 0.3) is 0 Å². The van der Waals surface area contributed by atoms with E-state index in [1.807, 2.05) is 4.90 Å². The van der Waals surface area contributed by atoms with Crippen molar-refractivity contribution in [3.8, 4) is 0 Å². The summed E-state index contributed by atoms with van der Waals surface area (Å²) in [6, 6.07) is 4.58. The van der Waals surface area contributed by atoms with Crippen LogP contribution in [0.4, 0.5) is 13.2 Å². The minimum absolute atomic E-state index is 0.0624. The number of hydrogen-bond acceptors (Lipinski definition) is 3. The third-order valence-corrected chi connectivity index (χ3v) is 9.10. The first-order valence-electron chi connectivity index (χ1n) is 11.2. The molecular weight excluding hydrogens is 429 g/mol. The second-order valence-corrected chi connectivity index (χ2v) is 10.9. The molecule has 1 saturated carbocycles. The van der Waals surface area contributed by atoms with E-state index in [-0.39, 0.29) is 24.9 Å². The Balaban J connectivity index is 1.45. The number of alkyl halides is 3. The summed E-state index contributed by atoms with van der Waals surface area (Å²) in [6.45, 7) is 0.886. The van der Waals surface area contributed by atoms with E-state index in [0.717, 1.165) is 42.2 Å². The van der Waals surface area contributed by atoms with E-state index in [2.05, 4.69) is 0 Å². The number of carbonyl (C=O) groups is 1. The fourth-order valence-corrected chi connectivity index (χ4v) is 7.22. The maximum atomic E-state index is 13.3. The summed E-state index contributed by atoms with van der Waals surface area (Å²) < 4.78 is 67.0. The van der Waals surface area contributed by atoms with Crippen molar-refractivity contribution in [2.45, 2.75) is 68.5 Å². The number of rotatable bonds is 3. The minimum atomic E-state index is -4.75. The van der Waals surface area contributed by atoms with Crippen LogP contribution in [0.2, 0.25) is 0 Å². The van der Waals surface area contributed by atoms with Crippen molar-refractivity contribution in [1.29, 1.82) is 0 Å². The van der Waals surface area contributed by atoms with Crippen LogP contribution < -0.4 is 0 Å². The van der Waals surface area contributed by atoms with E-state index in [9.17, 15) is 26.4 Å². The van der Waals surface area contributed by atoms with E-state index in [4.69, 9.17) is 0 Å². The number of hydrogen-bond donors (Lipinski definition) is 0. The molecule has 0 unspecified atom stereocenters. The van der Waals surface area contributed by atoms with Crippen molar-refractivity contribution < 1.29 is 26.4 Å². The van der Waals surface area contributed by atoms with Crippen LogP contribution in [0.1, 0.15) is 56.9 Å². The lowest BCUT2D eigenvalue weighted by molar-refractivity contribution is -0.143. The van der Waals surface area contributed by atoms with Crippen molar-refractivity contribution in [1.82, 2.24) is 9.21 Å². The average molecular weight is 459 g/mol. The van der Waals surface area contributed by atoms with Crippen molar-refractivity contribution >= 4 is 15.9 Å². The van der Waals surface area contributed by atoms with Crippen LogP contribution >= 0.6 is 0 Å². The van der Waals surface area contributed by atoms with Crippen LogP contribution in [-0.4, -0.2) is 49.2 Å². The molecule has 1 aromatic rings. The predicted molar refractivity (Wildman–Crippen MR) is 110 cm³/mol. The normalized spacial score (nSPS) is 26.5. The molecule has 3 aliphatic rings. The molecule has 0 N–H and O–H groups in total. The highest BCUT2D eigenvalue weighted by molar-refractivity contribution is 7.89. The van der Waals surface area contributed by atoms with Crippen LogP contribution in [0.3, 0.4) is 0 Å². The van der Waals surface area contributed by atoms with E-state index in [0.29, 0.717) is 24.8 Å². The molecule has 1 aliphatic carbocycles. The van der Waals surface area contributed by atoms with Gasteiger partial charge in [0.1, 0.15) is 0 Å². The van der Waals surface area contributed by atoms with Gasteiger partial charge in [0, 0.05) is 31.6 Å². The molecule has 0 spiro atoms. The second-order valence-electron chi connectivity index (χ2n) is 8.96. The van der Waals surface area contributed by atoms with E-state index in [1.54, 1.807) is 0 Å². The van der Waals surface area contributed by atoms with Crippen LogP contribution in [-0.2, 0) is 21.0 Å². The highest BCUT2D eigenvalue weighted by Crippen LogP contribution is 2.38. The molecule has 2 atom stereocenters. The lowest BCUT2D eigenvalue weighted by Gasteiger charge is -2.46. The van der Waals surface area contributed by atoms with Gasteiger partial charge in [-0.2, -0.15) is 17.5 Å². The average Bonchev–Trinajstić information content (AvgIpc) is 2.78. The maximum absolute atomic E-state index is 13.3. The summed E-state index contributed by atoms with van der Waals surface area (Å²) in [5.74, 6) is 0.417. The SMILES string of the molecule is O=C(C1CCN(S(=O)(=O)c2ccccc2C(F)(F)F)CC1)N1CCC[C@H]2CCCC[C@H]21. The molecular formula is C22H29F3N2O3S. The number of sulfonamides is 1. The number of carbonyl (C=O) groups excluding carboxylic acids is 1. The lowest BCUT2D eigenvalue weighted by Crippen LogP contribution is -2.53. The monoisotopic (exact) mass is 458 g/mol. The predicted octanol–water partition coefficient (Wildman–Crippen LogP) is 4.29. The summed E-state index contributed by atoms with van der Waals surface area (Å²) in [6.07, 6.45) is 2.70. The molecule has 31 heavy (non-hydrogen) atoms. The van der Waals surface area contributed by atoms with Gasteiger partial charge in [-0.15, -0.1) is 0 Å². The molecule has 5 nitrogen and oxygen atoms in total. The molecule has 1 aromatic carbocycles. The standard InChI is InChI=1S/C22H29F3N2O3S/c23-22(24,25)18-8-2-4-10-20(18)31(29,30)26-14-11-17(12-15-26)21(28)27-13-5-7-16-6-1-3-9-19(16)27/h2,4,8,10,16-17,19H,1,3,5-7,9,11-15H2/t16-,19-/m1/s1. The largest absolute Gasteiger partial charge is 0.417 e. The van der Waals surface area contributed by atoms with Gasteiger partial charge in [-0.05, 0) is 56.6 Å². The Bertz CT molecular complexity index is 909. The van der Waals surface area contributed by atoms with Crippen molar-refractivity contribution in [3.05, 3.63) is 29.8 Å². The topological polar surface area (TPSA) is 57.7 Å². The first-order chi connectivity index (χ1) is 14.7. The van der Waals surface area contributed by atoms with Crippen molar-refractivity contribution in [2.24, 2.45) is 11.8 Å². The number of piperidine rings is 2. The Labute approximate surface area is 181 Å². The Morgan fingerprint density at radius 3 is 2.26 bits per heavy atom. The molecule has 0 radical (unpaired) electrons. The summed E-state index contributed by atoms with van der Waals surface area (Å²) >= 11 is 0. The van der Waals surface area contributed by atoms with E-state index < -0.39 is 26.7 Å². The molecule has 0 aromatic heterocycles. The highest BCUT2D eigenvalue weighted by Gasteiger charge is 2.42. The number of fused-ring (bicyclic) bond motifs is 1. The molecule has 2 aliphatic heterocycles. The second kappa shape index (κ2) is 8.73. The number of halogens is 3. The zero-order valence-electron chi connectivity index (χ0n) is 17.5. The number of likely N-dealkylation sites (tertiary alicyclic amines) is 1. The highest BCUT2D eigenvalue weighted by atomic mass is 32.2. The number of amides is 1. The lowest BCUT2D eigenvalue weighted by atomic mass is 9.77. The summed E-state index contributed by atoms with van der Waals surface area (Å²) in [7, 11) is -4.28. The minimum Gasteiger partial charge on any atom is -0.339 e. The molecule has 2 saturated heterocycles. The Morgan fingerprint density at radius 1 is 0.903 bits per heavy atom. The molecule has 9 heteroatoms. The summed E-state index contributed by atoms with van der Waals surface area (Å²) in [5, 5.41) is 0. The third kappa shape index (κ3) is 4.49.